The smallest absolute Gasteiger partial charge is 0.0641 e. The van der Waals surface area contributed by atoms with Gasteiger partial charge in [-0.25, -0.2) is 0 Å². The Morgan fingerprint density at radius 2 is 2.20 bits per heavy atom. The van der Waals surface area contributed by atoms with E-state index in [9.17, 15) is 0 Å². The monoisotopic (exact) mass is 279 g/mol. The van der Waals surface area contributed by atoms with Gasteiger partial charge in [-0.3, -0.25) is 4.68 Å². The third kappa shape index (κ3) is 4.60. The number of rotatable bonds is 9. The van der Waals surface area contributed by atoms with Gasteiger partial charge >= 0.3 is 0 Å². The zero-order valence-corrected chi connectivity index (χ0v) is 13.0. The molecule has 2 rings (SSSR count). The van der Waals surface area contributed by atoms with E-state index in [0.717, 1.165) is 32.6 Å². The average molecular weight is 279 g/mol. The van der Waals surface area contributed by atoms with E-state index in [2.05, 4.69) is 36.1 Å². The fourth-order valence-electron chi connectivity index (χ4n) is 2.96. The molecule has 4 nitrogen and oxygen atoms in total. The van der Waals surface area contributed by atoms with Crippen LogP contribution in [0.3, 0.4) is 0 Å². The minimum Gasteiger partial charge on any atom is -0.380 e. The first-order chi connectivity index (χ1) is 9.83. The summed E-state index contributed by atoms with van der Waals surface area (Å²) in [5, 5.41) is 8.26. The molecule has 1 saturated carbocycles. The fourth-order valence-corrected chi connectivity index (χ4v) is 2.96. The summed E-state index contributed by atoms with van der Waals surface area (Å²) in [7, 11) is 0. The highest BCUT2D eigenvalue weighted by Crippen LogP contribution is 2.28. The molecule has 1 fully saturated rings. The van der Waals surface area contributed by atoms with Crippen molar-refractivity contribution in [2.45, 2.75) is 64.5 Å². The molecule has 1 aromatic heterocycles. The van der Waals surface area contributed by atoms with Gasteiger partial charge < -0.3 is 10.1 Å². The van der Waals surface area contributed by atoms with Crippen molar-refractivity contribution >= 4 is 0 Å². The van der Waals surface area contributed by atoms with Crippen LogP contribution in [0.15, 0.2) is 12.3 Å². The lowest BCUT2D eigenvalue weighted by Gasteiger charge is -2.17. The van der Waals surface area contributed by atoms with E-state index in [1.54, 1.807) is 0 Å². The molecule has 0 bridgehead atoms. The Balaban J connectivity index is 1.85. The van der Waals surface area contributed by atoms with E-state index >= 15 is 0 Å². The molecule has 0 spiro atoms. The summed E-state index contributed by atoms with van der Waals surface area (Å²) < 4.78 is 7.86. The first kappa shape index (κ1) is 15.5. The molecule has 1 atom stereocenters. The number of ether oxygens (including phenoxy) is 1. The molecule has 0 saturated heterocycles. The summed E-state index contributed by atoms with van der Waals surface area (Å²) in [6, 6.07) is 3.18. The molecule has 0 radical (unpaired) electrons. The number of hydrogen-bond donors (Lipinski definition) is 1. The Bertz CT molecular complexity index is 372. The van der Waals surface area contributed by atoms with Crippen molar-refractivity contribution < 1.29 is 4.74 Å². The van der Waals surface area contributed by atoms with Gasteiger partial charge in [0.15, 0.2) is 0 Å². The summed E-state index contributed by atoms with van der Waals surface area (Å²) >= 11 is 0. The van der Waals surface area contributed by atoms with E-state index in [1.807, 2.05) is 0 Å². The largest absolute Gasteiger partial charge is 0.380 e. The second kappa shape index (κ2) is 8.42. The van der Waals surface area contributed by atoms with Gasteiger partial charge in [-0.15, -0.1) is 0 Å². The Labute approximate surface area is 122 Å². The van der Waals surface area contributed by atoms with Crippen LogP contribution in [-0.2, 0) is 11.2 Å². The lowest BCUT2D eigenvalue weighted by molar-refractivity contribution is 0.112. The molecule has 114 valence electrons. The van der Waals surface area contributed by atoms with Gasteiger partial charge in [0.25, 0.3) is 0 Å². The Kier molecular flexibility index (Phi) is 6.54. The van der Waals surface area contributed by atoms with Crippen LogP contribution >= 0.6 is 0 Å². The second-order valence-electron chi connectivity index (χ2n) is 5.76. The average Bonchev–Trinajstić information content (AvgIpc) is 3.09. The van der Waals surface area contributed by atoms with E-state index in [1.165, 1.54) is 31.4 Å². The van der Waals surface area contributed by atoms with Gasteiger partial charge in [-0.05, 0) is 31.9 Å². The Hall–Kier alpha value is -0.870. The topological polar surface area (TPSA) is 39.1 Å². The van der Waals surface area contributed by atoms with Gasteiger partial charge in [-0.2, -0.15) is 5.10 Å². The lowest BCUT2D eigenvalue weighted by Crippen LogP contribution is -2.35. The van der Waals surface area contributed by atoms with Crippen LogP contribution < -0.4 is 5.32 Å². The van der Waals surface area contributed by atoms with Crippen molar-refractivity contribution in [3.8, 4) is 0 Å². The Morgan fingerprint density at radius 3 is 2.90 bits per heavy atom. The van der Waals surface area contributed by atoms with Gasteiger partial charge in [0.2, 0.25) is 0 Å². The first-order valence-corrected chi connectivity index (χ1v) is 8.18. The van der Waals surface area contributed by atoms with Crippen molar-refractivity contribution in [3.63, 3.8) is 0 Å². The molecule has 0 amide bonds. The van der Waals surface area contributed by atoms with Crippen molar-refractivity contribution in [1.29, 1.82) is 0 Å². The highest BCUT2D eigenvalue weighted by molar-refractivity contribution is 5.02. The number of aromatic nitrogens is 2. The molecule has 20 heavy (non-hydrogen) atoms. The van der Waals surface area contributed by atoms with Crippen LogP contribution in [0.1, 0.15) is 57.7 Å². The molecule has 4 heteroatoms. The van der Waals surface area contributed by atoms with Gasteiger partial charge in [-0.1, -0.05) is 26.7 Å². The quantitative estimate of drug-likeness (QED) is 0.706. The first-order valence-electron chi connectivity index (χ1n) is 8.18. The zero-order chi connectivity index (χ0) is 14.2. The van der Waals surface area contributed by atoms with Crippen LogP contribution in [0.4, 0.5) is 0 Å². The van der Waals surface area contributed by atoms with Gasteiger partial charge in [0.05, 0.1) is 18.3 Å². The van der Waals surface area contributed by atoms with Crippen LogP contribution in [0.2, 0.25) is 0 Å². The van der Waals surface area contributed by atoms with Crippen LogP contribution in [0, 0.1) is 0 Å². The number of likely N-dealkylation sites (N-methyl/N-ethyl adjacent to an activating group) is 1. The minimum absolute atomic E-state index is 0.374. The number of nitrogens with zero attached hydrogens (tertiary/aromatic N) is 2. The third-order valence-corrected chi connectivity index (χ3v) is 3.98. The molecule has 1 aliphatic carbocycles. The third-order valence-electron chi connectivity index (χ3n) is 3.98. The molecule has 1 unspecified atom stereocenters. The van der Waals surface area contributed by atoms with Crippen LogP contribution in [0.25, 0.3) is 0 Å². The molecular weight excluding hydrogens is 250 g/mol. The maximum absolute atomic E-state index is 5.68. The van der Waals surface area contributed by atoms with E-state index in [-0.39, 0.29) is 0 Å². The molecule has 1 aliphatic rings. The van der Waals surface area contributed by atoms with Gasteiger partial charge in [0.1, 0.15) is 0 Å². The fraction of sp³-hybridized carbons (Fsp3) is 0.812. The second-order valence-corrected chi connectivity index (χ2v) is 5.76. The van der Waals surface area contributed by atoms with Crippen molar-refractivity contribution in [1.82, 2.24) is 15.1 Å². The summed E-state index contributed by atoms with van der Waals surface area (Å²) in [6.07, 6.45) is 9.47. The summed E-state index contributed by atoms with van der Waals surface area (Å²) in [4.78, 5) is 0. The Morgan fingerprint density at radius 1 is 1.40 bits per heavy atom. The number of hydrogen-bond acceptors (Lipinski definition) is 3. The SMILES string of the molecule is CCCOCC(Cc1ccn(C2CCCC2)n1)NCC. The summed E-state index contributed by atoms with van der Waals surface area (Å²) in [6.45, 7) is 6.88. The van der Waals surface area contributed by atoms with E-state index in [4.69, 9.17) is 9.84 Å². The predicted octanol–water partition coefficient (Wildman–Crippen LogP) is 2.95. The van der Waals surface area contributed by atoms with E-state index < -0.39 is 0 Å². The zero-order valence-electron chi connectivity index (χ0n) is 13.0. The molecule has 1 heterocycles. The molecule has 1 aromatic rings. The van der Waals surface area contributed by atoms with Crippen molar-refractivity contribution in [2.75, 3.05) is 19.8 Å². The molecule has 0 aromatic carbocycles. The highest BCUT2D eigenvalue weighted by Gasteiger charge is 2.18. The van der Waals surface area contributed by atoms with Crippen molar-refractivity contribution in [3.05, 3.63) is 18.0 Å². The van der Waals surface area contributed by atoms with Crippen molar-refractivity contribution in [2.24, 2.45) is 0 Å². The minimum atomic E-state index is 0.374. The normalized spacial score (nSPS) is 17.7. The molecular formula is C16H29N3O. The highest BCUT2D eigenvalue weighted by atomic mass is 16.5. The van der Waals surface area contributed by atoms with Crippen LogP contribution in [-0.4, -0.2) is 35.6 Å². The standard InChI is InChI=1S/C16H29N3O/c1-3-11-20-13-15(17-4-2)12-14-9-10-19(18-14)16-7-5-6-8-16/h9-10,15-17H,3-8,11-13H2,1-2H3. The maximum atomic E-state index is 5.68. The molecule has 1 N–H and O–H groups in total. The maximum Gasteiger partial charge on any atom is 0.0641 e. The van der Waals surface area contributed by atoms with E-state index in [0.29, 0.717) is 12.1 Å². The van der Waals surface area contributed by atoms with Crippen LogP contribution in [0.5, 0.6) is 0 Å². The lowest BCUT2D eigenvalue weighted by atomic mass is 10.1. The molecule has 0 aliphatic heterocycles. The van der Waals surface area contributed by atoms with Gasteiger partial charge in [0, 0.05) is 25.3 Å². The number of nitrogens with one attached hydrogen (secondary N) is 1. The predicted molar refractivity (Wildman–Crippen MR) is 82.0 cm³/mol. The summed E-state index contributed by atoms with van der Waals surface area (Å²) in [5.41, 5.74) is 1.18. The summed E-state index contributed by atoms with van der Waals surface area (Å²) in [5.74, 6) is 0.